The molecule has 1 aromatic rings. The van der Waals surface area contributed by atoms with Crippen LogP contribution in [0.15, 0.2) is 24.3 Å². The summed E-state index contributed by atoms with van der Waals surface area (Å²) in [4.78, 5) is 36.6. The van der Waals surface area contributed by atoms with Crippen LogP contribution in [0, 0.1) is 0 Å². The SMILES string of the molecule is CC(=O)NCCNC(=O)C1CC(=O)N(C)c2ccccc21. The number of hydrogen-bond acceptors (Lipinski definition) is 3. The van der Waals surface area contributed by atoms with Gasteiger partial charge in [-0.05, 0) is 11.6 Å². The molecule has 0 aromatic heterocycles. The van der Waals surface area contributed by atoms with Gasteiger partial charge in [0.25, 0.3) is 0 Å². The quantitative estimate of drug-likeness (QED) is 0.787. The van der Waals surface area contributed by atoms with Crippen molar-refractivity contribution in [3.8, 4) is 0 Å². The summed E-state index contributed by atoms with van der Waals surface area (Å²) in [6, 6.07) is 7.42. The van der Waals surface area contributed by atoms with Gasteiger partial charge in [-0.1, -0.05) is 18.2 Å². The van der Waals surface area contributed by atoms with E-state index in [9.17, 15) is 14.4 Å². The molecular weight excluding hydrogens is 270 g/mol. The summed E-state index contributed by atoms with van der Waals surface area (Å²) in [7, 11) is 1.71. The van der Waals surface area contributed by atoms with Gasteiger partial charge in [0.15, 0.2) is 0 Å². The van der Waals surface area contributed by atoms with Crippen molar-refractivity contribution in [1.29, 1.82) is 0 Å². The molecule has 1 aliphatic rings. The lowest BCUT2D eigenvalue weighted by Gasteiger charge is -2.30. The molecule has 0 bridgehead atoms. The van der Waals surface area contributed by atoms with Crippen LogP contribution < -0.4 is 15.5 Å². The molecule has 6 heteroatoms. The largest absolute Gasteiger partial charge is 0.355 e. The third-order valence-electron chi connectivity index (χ3n) is 3.54. The number of nitrogens with one attached hydrogen (secondary N) is 2. The van der Waals surface area contributed by atoms with Gasteiger partial charge in [0.05, 0.1) is 5.92 Å². The Kier molecular flexibility index (Phi) is 4.57. The second-order valence-electron chi connectivity index (χ2n) is 5.04. The topological polar surface area (TPSA) is 78.5 Å². The van der Waals surface area contributed by atoms with Crippen molar-refractivity contribution in [3.05, 3.63) is 29.8 Å². The maximum atomic E-state index is 12.3. The number of rotatable bonds is 4. The molecule has 1 aromatic carbocycles. The van der Waals surface area contributed by atoms with Crippen molar-refractivity contribution in [3.63, 3.8) is 0 Å². The highest BCUT2D eigenvalue weighted by Gasteiger charge is 2.33. The lowest BCUT2D eigenvalue weighted by Crippen LogP contribution is -2.41. The zero-order valence-electron chi connectivity index (χ0n) is 12.2. The molecule has 6 nitrogen and oxygen atoms in total. The third-order valence-corrected chi connectivity index (χ3v) is 3.54. The Hall–Kier alpha value is -2.37. The lowest BCUT2D eigenvalue weighted by molar-refractivity contribution is -0.127. The number of anilines is 1. The fraction of sp³-hybridized carbons (Fsp3) is 0.400. The zero-order valence-corrected chi connectivity index (χ0v) is 12.2. The van der Waals surface area contributed by atoms with Crippen LogP contribution in [-0.4, -0.2) is 37.9 Å². The molecule has 0 saturated heterocycles. The first-order chi connectivity index (χ1) is 10.0. The number of hydrogen-bond donors (Lipinski definition) is 2. The van der Waals surface area contributed by atoms with Gasteiger partial charge in [0.1, 0.15) is 0 Å². The second-order valence-corrected chi connectivity index (χ2v) is 5.04. The van der Waals surface area contributed by atoms with Crippen LogP contribution in [0.2, 0.25) is 0 Å². The van der Waals surface area contributed by atoms with E-state index in [0.29, 0.717) is 13.1 Å². The van der Waals surface area contributed by atoms with Gasteiger partial charge in [0, 0.05) is 39.2 Å². The summed E-state index contributed by atoms with van der Waals surface area (Å²) in [5.41, 5.74) is 1.63. The molecule has 2 rings (SSSR count). The highest BCUT2D eigenvalue weighted by molar-refractivity contribution is 6.02. The minimum Gasteiger partial charge on any atom is -0.355 e. The van der Waals surface area contributed by atoms with Crippen LogP contribution >= 0.6 is 0 Å². The molecule has 2 N–H and O–H groups in total. The van der Waals surface area contributed by atoms with Crippen LogP contribution in [0.4, 0.5) is 5.69 Å². The minimum absolute atomic E-state index is 0.0734. The average Bonchev–Trinajstić information content (AvgIpc) is 2.47. The molecule has 0 saturated carbocycles. The monoisotopic (exact) mass is 289 g/mol. The first kappa shape index (κ1) is 15.0. The summed E-state index contributed by atoms with van der Waals surface area (Å²) in [5, 5.41) is 5.37. The van der Waals surface area contributed by atoms with Gasteiger partial charge in [-0.15, -0.1) is 0 Å². The van der Waals surface area contributed by atoms with Crippen LogP contribution in [0.1, 0.15) is 24.8 Å². The first-order valence-corrected chi connectivity index (χ1v) is 6.88. The molecule has 0 aliphatic carbocycles. The second kappa shape index (κ2) is 6.39. The number of para-hydroxylation sites is 1. The Morgan fingerprint density at radius 1 is 1.24 bits per heavy atom. The Balaban J connectivity index is 2.06. The van der Waals surface area contributed by atoms with E-state index in [4.69, 9.17) is 0 Å². The summed E-state index contributed by atoms with van der Waals surface area (Å²) in [5.74, 6) is -0.865. The maximum absolute atomic E-state index is 12.3. The fourth-order valence-corrected chi connectivity index (χ4v) is 2.42. The molecular formula is C15H19N3O3. The molecule has 1 aliphatic heterocycles. The number of carbonyl (C=O) groups excluding carboxylic acids is 3. The van der Waals surface area contributed by atoms with Gasteiger partial charge in [-0.2, -0.15) is 0 Å². The lowest BCUT2D eigenvalue weighted by atomic mass is 9.89. The summed E-state index contributed by atoms with van der Waals surface area (Å²) >= 11 is 0. The molecule has 21 heavy (non-hydrogen) atoms. The molecule has 0 spiro atoms. The van der Waals surface area contributed by atoms with Crippen LogP contribution in [0.25, 0.3) is 0 Å². The van der Waals surface area contributed by atoms with Gasteiger partial charge < -0.3 is 15.5 Å². The van der Waals surface area contributed by atoms with E-state index in [0.717, 1.165) is 11.3 Å². The van der Waals surface area contributed by atoms with E-state index in [1.165, 1.54) is 6.92 Å². The Morgan fingerprint density at radius 2 is 1.90 bits per heavy atom. The Labute approximate surface area is 123 Å². The van der Waals surface area contributed by atoms with E-state index < -0.39 is 5.92 Å². The van der Waals surface area contributed by atoms with Crippen molar-refractivity contribution in [2.24, 2.45) is 0 Å². The van der Waals surface area contributed by atoms with Crippen molar-refractivity contribution < 1.29 is 14.4 Å². The van der Waals surface area contributed by atoms with Crippen LogP contribution in [-0.2, 0) is 14.4 Å². The molecule has 1 unspecified atom stereocenters. The van der Waals surface area contributed by atoms with E-state index in [1.54, 1.807) is 11.9 Å². The standard InChI is InChI=1S/C15H19N3O3/c1-10(19)16-7-8-17-15(21)12-9-14(20)18(2)13-6-4-3-5-11(12)13/h3-6,12H,7-9H2,1-2H3,(H,16,19)(H,17,21). The smallest absolute Gasteiger partial charge is 0.228 e. The summed E-state index contributed by atoms with van der Waals surface area (Å²) in [6.45, 7) is 2.15. The van der Waals surface area contributed by atoms with Crippen molar-refractivity contribution in [2.75, 3.05) is 25.0 Å². The number of nitrogens with zero attached hydrogens (tertiary/aromatic N) is 1. The normalized spacial score (nSPS) is 17.1. The summed E-state index contributed by atoms with van der Waals surface area (Å²) < 4.78 is 0. The van der Waals surface area contributed by atoms with Crippen molar-refractivity contribution >= 4 is 23.4 Å². The Bertz CT molecular complexity index is 571. The van der Waals surface area contributed by atoms with E-state index in [-0.39, 0.29) is 24.1 Å². The molecule has 3 amide bonds. The minimum atomic E-state index is -0.470. The summed E-state index contributed by atoms with van der Waals surface area (Å²) in [6.07, 6.45) is 0.166. The predicted octanol–water partition coefficient (Wildman–Crippen LogP) is 0.389. The van der Waals surface area contributed by atoms with Gasteiger partial charge in [-0.3, -0.25) is 14.4 Å². The van der Waals surface area contributed by atoms with Crippen LogP contribution in [0.5, 0.6) is 0 Å². The number of carbonyl (C=O) groups is 3. The molecule has 112 valence electrons. The predicted molar refractivity (Wildman–Crippen MR) is 78.9 cm³/mol. The average molecular weight is 289 g/mol. The molecule has 1 heterocycles. The van der Waals surface area contributed by atoms with Crippen molar-refractivity contribution in [1.82, 2.24) is 10.6 Å². The van der Waals surface area contributed by atoms with Gasteiger partial charge >= 0.3 is 0 Å². The number of benzene rings is 1. The highest BCUT2D eigenvalue weighted by Crippen LogP contribution is 2.34. The van der Waals surface area contributed by atoms with Crippen LogP contribution in [0.3, 0.4) is 0 Å². The van der Waals surface area contributed by atoms with Gasteiger partial charge in [-0.25, -0.2) is 0 Å². The zero-order chi connectivity index (χ0) is 15.4. The number of fused-ring (bicyclic) bond motifs is 1. The van der Waals surface area contributed by atoms with E-state index >= 15 is 0 Å². The van der Waals surface area contributed by atoms with Gasteiger partial charge in [0.2, 0.25) is 17.7 Å². The maximum Gasteiger partial charge on any atom is 0.228 e. The van der Waals surface area contributed by atoms with E-state index in [2.05, 4.69) is 10.6 Å². The van der Waals surface area contributed by atoms with Crippen molar-refractivity contribution in [2.45, 2.75) is 19.3 Å². The first-order valence-electron chi connectivity index (χ1n) is 6.88. The number of amides is 3. The molecule has 1 atom stereocenters. The highest BCUT2D eigenvalue weighted by atomic mass is 16.2. The van der Waals surface area contributed by atoms with E-state index in [1.807, 2.05) is 24.3 Å². The fourth-order valence-electron chi connectivity index (χ4n) is 2.42. The molecule has 0 radical (unpaired) electrons. The Morgan fingerprint density at radius 3 is 2.62 bits per heavy atom. The molecule has 0 fully saturated rings. The third kappa shape index (κ3) is 3.39.